The highest BCUT2D eigenvalue weighted by Crippen LogP contribution is 2.16. The zero-order chi connectivity index (χ0) is 26.7. The first-order valence-electron chi connectivity index (χ1n) is 14.7. The Morgan fingerprint density at radius 2 is 1.08 bits per heavy atom. The van der Waals surface area contributed by atoms with Gasteiger partial charge in [-0.2, -0.15) is 0 Å². The Balaban J connectivity index is 1.70. The molecule has 9 nitrogen and oxygen atoms in total. The molecule has 0 unspecified atom stereocenters. The largest absolute Gasteiger partial charge is 0.379 e. The molecular formula is C28H55N3O6. The Kier molecular flexibility index (Phi) is 24.0. The van der Waals surface area contributed by atoms with Crippen molar-refractivity contribution < 1.29 is 28.5 Å². The summed E-state index contributed by atoms with van der Waals surface area (Å²) in [7, 11) is 0. The van der Waals surface area contributed by atoms with Gasteiger partial charge in [0, 0.05) is 39.0 Å². The monoisotopic (exact) mass is 529 g/mol. The van der Waals surface area contributed by atoms with E-state index in [-0.39, 0.29) is 11.8 Å². The molecule has 0 aliphatic heterocycles. The molecule has 1 rings (SSSR count). The van der Waals surface area contributed by atoms with E-state index in [1.54, 1.807) is 6.92 Å². The van der Waals surface area contributed by atoms with Crippen LogP contribution in [0, 0.1) is 0 Å². The van der Waals surface area contributed by atoms with Gasteiger partial charge in [0.15, 0.2) is 0 Å². The van der Waals surface area contributed by atoms with Gasteiger partial charge in [-0.3, -0.25) is 9.59 Å². The molecule has 1 fully saturated rings. The van der Waals surface area contributed by atoms with E-state index in [4.69, 9.17) is 18.9 Å². The normalized spacial score (nSPS) is 14.4. The summed E-state index contributed by atoms with van der Waals surface area (Å²) in [6.45, 7) is 8.33. The van der Waals surface area contributed by atoms with Gasteiger partial charge in [-0.05, 0) is 25.7 Å². The first-order chi connectivity index (χ1) is 18.2. The van der Waals surface area contributed by atoms with Crippen LogP contribution in [0.4, 0.5) is 0 Å². The molecule has 218 valence electrons. The maximum Gasteiger partial charge on any atom is 0.222 e. The fourth-order valence-corrected chi connectivity index (χ4v) is 4.28. The molecule has 2 amide bonds. The maximum atomic E-state index is 11.8. The number of hydrogen-bond acceptors (Lipinski definition) is 7. The van der Waals surface area contributed by atoms with E-state index in [0.29, 0.717) is 58.7 Å². The number of unbranched alkanes of at least 4 members (excludes halogenated alkanes) is 5. The Labute approximate surface area is 225 Å². The summed E-state index contributed by atoms with van der Waals surface area (Å²) < 4.78 is 22.1. The number of nitrogens with one attached hydrogen (secondary N) is 3. The molecule has 37 heavy (non-hydrogen) atoms. The van der Waals surface area contributed by atoms with Gasteiger partial charge in [-0.25, -0.2) is 0 Å². The third kappa shape index (κ3) is 24.8. The first kappa shape index (κ1) is 33.8. The summed E-state index contributed by atoms with van der Waals surface area (Å²) >= 11 is 0. The van der Waals surface area contributed by atoms with Crippen molar-refractivity contribution in [1.82, 2.24) is 16.0 Å². The number of ether oxygens (including phenoxy) is 4. The highest BCUT2D eigenvalue weighted by Gasteiger charge is 2.10. The van der Waals surface area contributed by atoms with Crippen LogP contribution in [0.2, 0.25) is 0 Å². The van der Waals surface area contributed by atoms with Gasteiger partial charge in [0.2, 0.25) is 11.8 Å². The number of carbonyl (C=O) groups is 2. The highest BCUT2D eigenvalue weighted by atomic mass is 16.6. The SMILES string of the molecule is CC(=O)NCCCCCCCCNC(=O)CCOCCOCCOCCOCCNC1CCCCCC1. The average Bonchev–Trinajstić information content (AvgIpc) is 3.16. The van der Waals surface area contributed by atoms with Crippen LogP contribution in [0.1, 0.15) is 90.4 Å². The van der Waals surface area contributed by atoms with Crippen molar-refractivity contribution in [2.45, 2.75) is 96.4 Å². The molecular weight excluding hydrogens is 474 g/mol. The minimum atomic E-state index is 0.0343. The third-order valence-electron chi connectivity index (χ3n) is 6.42. The average molecular weight is 530 g/mol. The van der Waals surface area contributed by atoms with Crippen molar-refractivity contribution in [1.29, 1.82) is 0 Å². The molecule has 0 aromatic carbocycles. The van der Waals surface area contributed by atoms with Crippen LogP contribution in [-0.4, -0.2) is 90.3 Å². The van der Waals surface area contributed by atoms with Gasteiger partial charge < -0.3 is 34.9 Å². The van der Waals surface area contributed by atoms with Crippen LogP contribution in [0.25, 0.3) is 0 Å². The molecule has 0 saturated heterocycles. The molecule has 1 saturated carbocycles. The Morgan fingerprint density at radius 3 is 1.65 bits per heavy atom. The van der Waals surface area contributed by atoms with Crippen LogP contribution in [-0.2, 0) is 28.5 Å². The van der Waals surface area contributed by atoms with Crippen LogP contribution < -0.4 is 16.0 Å². The Bertz CT molecular complexity index is 530. The van der Waals surface area contributed by atoms with Gasteiger partial charge in [0.25, 0.3) is 0 Å². The lowest BCUT2D eigenvalue weighted by Gasteiger charge is -2.16. The van der Waals surface area contributed by atoms with Gasteiger partial charge in [0.1, 0.15) is 0 Å². The van der Waals surface area contributed by atoms with Crippen molar-refractivity contribution in [3.8, 4) is 0 Å². The topological polar surface area (TPSA) is 107 Å². The van der Waals surface area contributed by atoms with Crippen molar-refractivity contribution in [2.24, 2.45) is 0 Å². The molecule has 9 heteroatoms. The smallest absolute Gasteiger partial charge is 0.222 e. The molecule has 1 aliphatic rings. The van der Waals surface area contributed by atoms with Gasteiger partial charge in [-0.1, -0.05) is 51.4 Å². The van der Waals surface area contributed by atoms with Crippen LogP contribution in [0.3, 0.4) is 0 Å². The molecule has 0 spiro atoms. The van der Waals surface area contributed by atoms with E-state index in [1.807, 2.05) is 0 Å². The summed E-state index contributed by atoms with van der Waals surface area (Å²) in [5.74, 6) is 0.0719. The highest BCUT2D eigenvalue weighted by molar-refractivity contribution is 5.75. The maximum absolute atomic E-state index is 11.8. The Morgan fingerprint density at radius 1 is 0.595 bits per heavy atom. The lowest BCUT2D eigenvalue weighted by Crippen LogP contribution is -2.31. The summed E-state index contributed by atoms with van der Waals surface area (Å²) in [6, 6.07) is 0.672. The fourth-order valence-electron chi connectivity index (χ4n) is 4.28. The number of rotatable bonds is 25. The minimum Gasteiger partial charge on any atom is -0.379 e. The predicted molar refractivity (Wildman–Crippen MR) is 147 cm³/mol. The predicted octanol–water partition coefficient (Wildman–Crippen LogP) is 3.35. The molecule has 0 aromatic heterocycles. The number of amides is 2. The summed E-state index contributed by atoms with van der Waals surface area (Å²) in [5, 5.41) is 9.36. The molecule has 0 radical (unpaired) electrons. The second-order valence-electron chi connectivity index (χ2n) is 9.80. The zero-order valence-electron chi connectivity index (χ0n) is 23.5. The van der Waals surface area contributed by atoms with Crippen molar-refractivity contribution in [3.63, 3.8) is 0 Å². The van der Waals surface area contributed by atoms with Crippen molar-refractivity contribution in [2.75, 3.05) is 72.5 Å². The summed E-state index contributed by atoms with van der Waals surface area (Å²) in [6.07, 6.45) is 15.1. The van der Waals surface area contributed by atoms with Gasteiger partial charge >= 0.3 is 0 Å². The van der Waals surface area contributed by atoms with Crippen LogP contribution >= 0.6 is 0 Å². The van der Waals surface area contributed by atoms with Gasteiger partial charge in [-0.15, -0.1) is 0 Å². The molecule has 0 heterocycles. The number of hydrogen-bond donors (Lipinski definition) is 3. The fraction of sp³-hybridized carbons (Fsp3) is 0.929. The van der Waals surface area contributed by atoms with Crippen LogP contribution in [0.15, 0.2) is 0 Å². The van der Waals surface area contributed by atoms with E-state index in [0.717, 1.165) is 58.3 Å². The van der Waals surface area contributed by atoms with E-state index in [9.17, 15) is 9.59 Å². The zero-order valence-corrected chi connectivity index (χ0v) is 23.5. The minimum absolute atomic E-state index is 0.0343. The summed E-state index contributed by atoms with van der Waals surface area (Å²) in [5.41, 5.74) is 0. The van der Waals surface area contributed by atoms with E-state index in [1.165, 1.54) is 44.9 Å². The molecule has 0 aromatic rings. The molecule has 1 aliphatic carbocycles. The quantitative estimate of drug-likeness (QED) is 0.123. The lowest BCUT2D eigenvalue weighted by molar-refractivity contribution is -0.122. The molecule has 0 bridgehead atoms. The lowest BCUT2D eigenvalue weighted by atomic mass is 10.1. The number of carbonyl (C=O) groups excluding carboxylic acids is 2. The van der Waals surface area contributed by atoms with Crippen molar-refractivity contribution >= 4 is 11.8 Å². The van der Waals surface area contributed by atoms with Crippen LogP contribution in [0.5, 0.6) is 0 Å². The summed E-state index contributed by atoms with van der Waals surface area (Å²) in [4.78, 5) is 22.6. The van der Waals surface area contributed by atoms with E-state index in [2.05, 4.69) is 16.0 Å². The first-order valence-corrected chi connectivity index (χ1v) is 14.7. The van der Waals surface area contributed by atoms with E-state index >= 15 is 0 Å². The van der Waals surface area contributed by atoms with Crippen molar-refractivity contribution in [3.05, 3.63) is 0 Å². The van der Waals surface area contributed by atoms with E-state index < -0.39 is 0 Å². The standard InChI is InChI=1S/C28H55N3O6/c1-26(32)29-15-10-6-2-3-7-11-16-31-28(33)14-18-34-20-22-36-24-25-37-23-21-35-19-17-30-27-12-8-4-5-9-13-27/h27,30H,2-25H2,1H3,(H,29,32)(H,31,33). The molecule has 0 atom stereocenters. The second-order valence-corrected chi connectivity index (χ2v) is 9.80. The third-order valence-corrected chi connectivity index (χ3v) is 6.42. The molecule has 3 N–H and O–H groups in total. The Hall–Kier alpha value is -1.26. The second kappa shape index (κ2) is 26.4. The van der Waals surface area contributed by atoms with Gasteiger partial charge in [0.05, 0.1) is 52.9 Å².